The Morgan fingerprint density at radius 3 is 2.65 bits per heavy atom. The zero-order valence-electron chi connectivity index (χ0n) is 14.4. The van der Waals surface area contributed by atoms with Gasteiger partial charge in [-0.3, -0.25) is 4.79 Å². The number of thioether (sulfide) groups is 1. The highest BCUT2D eigenvalue weighted by molar-refractivity contribution is 9.10. The number of carbonyl (C=O) groups excluding carboxylic acids is 1. The van der Waals surface area contributed by atoms with Gasteiger partial charge in [-0.2, -0.15) is 5.26 Å². The first-order chi connectivity index (χ1) is 12.5. The van der Waals surface area contributed by atoms with E-state index in [0.29, 0.717) is 22.7 Å². The average Bonchev–Trinajstić information content (AvgIpc) is 3.14. The average molecular weight is 429 g/mol. The summed E-state index contributed by atoms with van der Waals surface area (Å²) in [6.45, 7) is 3.38. The van der Waals surface area contributed by atoms with Crippen LogP contribution in [0.4, 0.5) is 0 Å². The van der Waals surface area contributed by atoms with Gasteiger partial charge in [0.15, 0.2) is 5.78 Å². The van der Waals surface area contributed by atoms with Gasteiger partial charge in [0, 0.05) is 21.5 Å². The van der Waals surface area contributed by atoms with Gasteiger partial charge in [0.25, 0.3) is 0 Å². The van der Waals surface area contributed by atoms with E-state index in [4.69, 9.17) is 4.42 Å². The highest BCUT2D eigenvalue weighted by atomic mass is 79.9. The summed E-state index contributed by atoms with van der Waals surface area (Å²) in [4.78, 5) is 12.2. The first-order valence-electron chi connectivity index (χ1n) is 8.05. The number of carbonyl (C=O) groups is 1. The number of rotatable bonds is 5. The molecule has 4 nitrogen and oxygen atoms in total. The van der Waals surface area contributed by atoms with Gasteiger partial charge in [-0.1, -0.05) is 28.1 Å². The van der Waals surface area contributed by atoms with Crippen LogP contribution in [0.5, 0.6) is 0 Å². The minimum Gasteiger partial charge on any atom is -0.468 e. The number of benzene rings is 1. The summed E-state index contributed by atoms with van der Waals surface area (Å²) in [6, 6.07) is 13.9. The Balaban J connectivity index is 1.95. The Morgan fingerprint density at radius 1 is 1.35 bits per heavy atom. The summed E-state index contributed by atoms with van der Waals surface area (Å²) in [7, 11) is 0. The lowest BCUT2D eigenvalue weighted by Gasteiger charge is -2.27. The van der Waals surface area contributed by atoms with Crippen LogP contribution in [0.2, 0.25) is 0 Å². The van der Waals surface area contributed by atoms with E-state index < -0.39 is 5.92 Å². The highest BCUT2D eigenvalue weighted by Crippen LogP contribution is 2.41. The SMILES string of the molecule is CC(=O)C1=C(C)NC(SCc2ccc(Br)cc2)=C(C#N)[C@H]1c1ccco1. The van der Waals surface area contributed by atoms with E-state index in [9.17, 15) is 10.1 Å². The van der Waals surface area contributed by atoms with Crippen molar-refractivity contribution in [2.24, 2.45) is 0 Å². The number of furan rings is 1. The predicted molar refractivity (Wildman–Crippen MR) is 106 cm³/mol. The lowest BCUT2D eigenvalue weighted by atomic mass is 9.84. The largest absolute Gasteiger partial charge is 0.468 e. The van der Waals surface area contributed by atoms with Gasteiger partial charge < -0.3 is 9.73 Å². The second-order valence-corrected chi connectivity index (χ2v) is 7.84. The van der Waals surface area contributed by atoms with Crippen molar-refractivity contribution in [3.63, 3.8) is 0 Å². The molecule has 1 N–H and O–H groups in total. The Labute approximate surface area is 165 Å². The minimum absolute atomic E-state index is 0.0684. The molecule has 3 rings (SSSR count). The van der Waals surface area contributed by atoms with Gasteiger partial charge >= 0.3 is 0 Å². The molecule has 1 aromatic heterocycles. The van der Waals surface area contributed by atoms with Crippen LogP contribution >= 0.6 is 27.7 Å². The van der Waals surface area contributed by atoms with Crippen LogP contribution in [0.15, 0.2) is 73.4 Å². The maximum atomic E-state index is 12.2. The van der Waals surface area contributed by atoms with Gasteiger partial charge in [-0.25, -0.2) is 0 Å². The summed E-state index contributed by atoms with van der Waals surface area (Å²) in [6.07, 6.45) is 1.56. The van der Waals surface area contributed by atoms with Crippen molar-refractivity contribution < 1.29 is 9.21 Å². The minimum atomic E-state index is -0.471. The second kappa shape index (κ2) is 7.98. The fraction of sp³-hybridized carbons (Fsp3) is 0.200. The van der Waals surface area contributed by atoms with Crippen molar-refractivity contribution in [2.75, 3.05) is 0 Å². The molecule has 0 fully saturated rings. The first kappa shape index (κ1) is 18.6. The molecule has 0 unspecified atom stereocenters. The number of hydrogen-bond acceptors (Lipinski definition) is 5. The maximum Gasteiger partial charge on any atom is 0.158 e. The normalized spacial score (nSPS) is 17.1. The zero-order chi connectivity index (χ0) is 18.7. The Hall–Kier alpha value is -2.23. The third-order valence-electron chi connectivity index (χ3n) is 4.15. The molecule has 1 atom stereocenters. The zero-order valence-corrected chi connectivity index (χ0v) is 16.8. The molecule has 0 saturated heterocycles. The standard InChI is InChI=1S/C20H17BrN2O2S/c1-12-18(13(2)24)19(17-4-3-9-25-17)16(10-22)20(23-12)26-11-14-5-7-15(21)8-6-14/h3-9,19,23H,11H2,1-2H3/t19-/m0/s1. The van der Waals surface area contributed by atoms with Gasteiger partial charge in [-0.15, -0.1) is 11.8 Å². The predicted octanol–water partition coefficient (Wildman–Crippen LogP) is 5.26. The molecule has 0 aliphatic carbocycles. The van der Waals surface area contributed by atoms with E-state index in [0.717, 1.165) is 20.8 Å². The second-order valence-electron chi connectivity index (χ2n) is 5.94. The molecule has 0 radical (unpaired) electrons. The van der Waals surface area contributed by atoms with Crippen LogP contribution in [0, 0.1) is 11.3 Å². The van der Waals surface area contributed by atoms with Gasteiger partial charge in [0.2, 0.25) is 0 Å². The molecule has 0 bridgehead atoms. The Kier molecular flexibility index (Phi) is 5.70. The third kappa shape index (κ3) is 3.79. The molecule has 1 aliphatic rings. The van der Waals surface area contributed by atoms with Crippen molar-refractivity contribution in [1.29, 1.82) is 5.26 Å². The van der Waals surface area contributed by atoms with Crippen LogP contribution in [0.25, 0.3) is 0 Å². The molecule has 26 heavy (non-hydrogen) atoms. The molecule has 0 spiro atoms. The van der Waals surface area contributed by atoms with Crippen LogP contribution in [-0.4, -0.2) is 5.78 Å². The number of nitriles is 1. The fourth-order valence-electron chi connectivity index (χ4n) is 2.97. The number of nitrogens with one attached hydrogen (secondary N) is 1. The molecule has 0 saturated carbocycles. The van der Waals surface area contributed by atoms with E-state index >= 15 is 0 Å². The molecular formula is C20H17BrN2O2S. The molecule has 0 amide bonds. The molecule has 1 aromatic carbocycles. The molecule has 132 valence electrons. The lowest BCUT2D eigenvalue weighted by Crippen LogP contribution is -2.26. The lowest BCUT2D eigenvalue weighted by molar-refractivity contribution is -0.113. The van der Waals surface area contributed by atoms with Crippen LogP contribution < -0.4 is 5.32 Å². The third-order valence-corrected chi connectivity index (χ3v) is 5.77. The van der Waals surface area contributed by atoms with Crippen LogP contribution in [-0.2, 0) is 10.5 Å². The quantitative estimate of drug-likeness (QED) is 0.703. The van der Waals surface area contributed by atoms with Gasteiger partial charge in [-0.05, 0) is 43.7 Å². The number of halogens is 1. The summed E-state index contributed by atoms with van der Waals surface area (Å²) in [5, 5.41) is 13.8. The number of ketones is 1. The number of dihydropyridines is 1. The van der Waals surface area contributed by atoms with E-state index in [1.54, 1.807) is 30.2 Å². The molecule has 1 aliphatic heterocycles. The molecule has 6 heteroatoms. The maximum absolute atomic E-state index is 12.2. The Bertz CT molecular complexity index is 922. The monoisotopic (exact) mass is 428 g/mol. The summed E-state index contributed by atoms with van der Waals surface area (Å²) in [5.41, 5.74) is 3.00. The van der Waals surface area contributed by atoms with E-state index in [2.05, 4.69) is 27.3 Å². The van der Waals surface area contributed by atoms with E-state index in [-0.39, 0.29) is 5.78 Å². The number of hydrogen-bond donors (Lipinski definition) is 1. The number of Topliss-reactive ketones (excluding diaryl/α,β-unsaturated/α-hetero) is 1. The number of nitrogens with zero attached hydrogens (tertiary/aromatic N) is 1. The van der Waals surface area contributed by atoms with E-state index in [1.165, 1.54) is 6.92 Å². The van der Waals surface area contributed by atoms with Gasteiger partial charge in [0.1, 0.15) is 5.76 Å². The molecular weight excluding hydrogens is 412 g/mol. The smallest absolute Gasteiger partial charge is 0.158 e. The fourth-order valence-corrected chi connectivity index (χ4v) is 4.28. The molecule has 2 aromatic rings. The van der Waals surface area contributed by atoms with Crippen molar-refractivity contribution in [3.8, 4) is 6.07 Å². The van der Waals surface area contributed by atoms with Gasteiger partial charge in [0.05, 0.1) is 28.9 Å². The highest BCUT2D eigenvalue weighted by Gasteiger charge is 2.34. The van der Waals surface area contributed by atoms with Crippen molar-refractivity contribution in [3.05, 3.63) is 80.3 Å². The Morgan fingerprint density at radius 2 is 2.08 bits per heavy atom. The molecule has 2 heterocycles. The van der Waals surface area contributed by atoms with Crippen molar-refractivity contribution in [2.45, 2.75) is 25.5 Å². The van der Waals surface area contributed by atoms with Crippen LogP contribution in [0.1, 0.15) is 31.1 Å². The van der Waals surface area contributed by atoms with E-state index in [1.807, 2.05) is 31.2 Å². The summed E-state index contributed by atoms with van der Waals surface area (Å²) < 4.78 is 6.57. The number of allylic oxidation sites excluding steroid dienone is 3. The van der Waals surface area contributed by atoms with Crippen LogP contribution in [0.3, 0.4) is 0 Å². The van der Waals surface area contributed by atoms with Crippen molar-refractivity contribution in [1.82, 2.24) is 5.32 Å². The van der Waals surface area contributed by atoms with Crippen molar-refractivity contribution >= 4 is 33.5 Å². The summed E-state index contributed by atoms with van der Waals surface area (Å²) in [5.74, 6) is 0.783. The first-order valence-corrected chi connectivity index (χ1v) is 9.82. The summed E-state index contributed by atoms with van der Waals surface area (Å²) >= 11 is 4.98. The topological polar surface area (TPSA) is 66.0 Å².